The average Bonchev–Trinajstić information content (AvgIpc) is 2.88. The lowest BCUT2D eigenvalue weighted by molar-refractivity contribution is 0.482. The molecule has 17 heavy (non-hydrogen) atoms. The second kappa shape index (κ2) is 4.11. The number of benzene rings is 1. The topological polar surface area (TPSA) is 29.9 Å². The number of fused-ring (bicyclic) bond motifs is 1. The van der Waals surface area contributed by atoms with Gasteiger partial charge in [-0.1, -0.05) is 0 Å². The van der Waals surface area contributed by atoms with E-state index in [-0.39, 0.29) is 5.82 Å². The molecule has 0 spiro atoms. The third kappa shape index (κ3) is 1.93. The van der Waals surface area contributed by atoms with Crippen molar-refractivity contribution in [2.75, 3.05) is 13.1 Å². The van der Waals surface area contributed by atoms with E-state index in [0.717, 1.165) is 36.5 Å². The average molecular weight is 233 g/mol. The molecule has 0 radical (unpaired) electrons. The molecule has 1 aliphatic heterocycles. The van der Waals surface area contributed by atoms with Gasteiger partial charge in [0.1, 0.15) is 11.6 Å². The molecular weight excluding hydrogens is 217 g/mol. The van der Waals surface area contributed by atoms with Crippen LogP contribution in [0.5, 0.6) is 0 Å². The first kappa shape index (κ1) is 10.7. The Morgan fingerprint density at radius 2 is 2.41 bits per heavy atom. The van der Waals surface area contributed by atoms with Gasteiger partial charge in [0.2, 0.25) is 0 Å². The minimum atomic E-state index is -0.218. The summed E-state index contributed by atoms with van der Waals surface area (Å²) in [5.74, 6) is 1.42. The van der Waals surface area contributed by atoms with Crippen molar-refractivity contribution >= 4 is 11.0 Å². The maximum Gasteiger partial charge on any atom is 0.125 e. The lowest BCUT2D eigenvalue weighted by atomic mass is 10.1. The molecule has 1 N–H and O–H groups in total. The van der Waals surface area contributed by atoms with Gasteiger partial charge in [0, 0.05) is 12.6 Å². The highest BCUT2D eigenvalue weighted by molar-refractivity contribution is 5.76. The molecule has 4 heteroatoms. The highest BCUT2D eigenvalue weighted by atomic mass is 19.1. The van der Waals surface area contributed by atoms with Crippen molar-refractivity contribution in [2.45, 2.75) is 19.9 Å². The molecule has 3 nitrogen and oxygen atoms in total. The second-order valence-corrected chi connectivity index (χ2v) is 4.76. The van der Waals surface area contributed by atoms with Crippen LogP contribution in [0.4, 0.5) is 4.39 Å². The van der Waals surface area contributed by atoms with Gasteiger partial charge < -0.3 is 9.88 Å². The summed E-state index contributed by atoms with van der Waals surface area (Å²) >= 11 is 0. The van der Waals surface area contributed by atoms with Crippen LogP contribution in [0, 0.1) is 18.7 Å². The van der Waals surface area contributed by atoms with Crippen molar-refractivity contribution in [1.29, 1.82) is 0 Å². The molecule has 0 bridgehead atoms. The lowest BCUT2D eigenvalue weighted by Crippen LogP contribution is -2.15. The van der Waals surface area contributed by atoms with Gasteiger partial charge >= 0.3 is 0 Å². The Labute approximate surface area is 99.7 Å². The first-order valence-corrected chi connectivity index (χ1v) is 6.07. The van der Waals surface area contributed by atoms with E-state index in [2.05, 4.69) is 14.9 Å². The Morgan fingerprint density at radius 3 is 3.18 bits per heavy atom. The van der Waals surface area contributed by atoms with Gasteiger partial charge in [-0.15, -0.1) is 0 Å². The molecule has 1 aromatic carbocycles. The third-order valence-corrected chi connectivity index (χ3v) is 3.50. The summed E-state index contributed by atoms with van der Waals surface area (Å²) in [6, 6.07) is 4.84. The summed E-state index contributed by atoms with van der Waals surface area (Å²) in [4.78, 5) is 4.42. The van der Waals surface area contributed by atoms with Crippen molar-refractivity contribution in [3.8, 4) is 0 Å². The Balaban J connectivity index is 1.99. The number of hydrogen-bond donors (Lipinski definition) is 1. The molecule has 0 saturated carbocycles. The SMILES string of the molecule is Cc1nc2cc(F)ccc2n1CC1CCNC1. The first-order chi connectivity index (χ1) is 8.24. The number of aryl methyl sites for hydroxylation is 1. The molecule has 1 unspecified atom stereocenters. The van der Waals surface area contributed by atoms with Crippen LogP contribution in [0.1, 0.15) is 12.2 Å². The molecule has 1 fully saturated rings. The zero-order valence-corrected chi connectivity index (χ0v) is 9.91. The van der Waals surface area contributed by atoms with Gasteiger partial charge in [-0.3, -0.25) is 0 Å². The summed E-state index contributed by atoms with van der Waals surface area (Å²) in [6.45, 7) is 5.13. The predicted octanol–water partition coefficient (Wildman–Crippen LogP) is 2.09. The Morgan fingerprint density at radius 1 is 1.53 bits per heavy atom. The van der Waals surface area contributed by atoms with E-state index in [4.69, 9.17) is 0 Å². The molecule has 1 aliphatic rings. The standard InChI is InChI=1S/C13H16FN3/c1-9-16-12-6-11(14)2-3-13(12)17(9)8-10-4-5-15-7-10/h2-3,6,10,15H,4-5,7-8H2,1H3. The normalized spacial score (nSPS) is 20.2. The fraction of sp³-hybridized carbons (Fsp3) is 0.462. The van der Waals surface area contributed by atoms with E-state index in [9.17, 15) is 4.39 Å². The van der Waals surface area contributed by atoms with Crippen LogP contribution in [0.25, 0.3) is 11.0 Å². The quantitative estimate of drug-likeness (QED) is 0.860. The van der Waals surface area contributed by atoms with Crippen molar-refractivity contribution in [3.05, 3.63) is 29.8 Å². The number of hydrogen-bond acceptors (Lipinski definition) is 2. The Kier molecular flexibility index (Phi) is 2.59. The van der Waals surface area contributed by atoms with Crippen molar-refractivity contribution in [3.63, 3.8) is 0 Å². The van der Waals surface area contributed by atoms with Crippen LogP contribution in [0.2, 0.25) is 0 Å². The third-order valence-electron chi connectivity index (χ3n) is 3.50. The summed E-state index contributed by atoms with van der Waals surface area (Å²) < 4.78 is 15.3. The largest absolute Gasteiger partial charge is 0.328 e. The summed E-state index contributed by atoms with van der Waals surface area (Å²) in [5, 5.41) is 3.37. The van der Waals surface area contributed by atoms with Crippen LogP contribution in [0.15, 0.2) is 18.2 Å². The molecule has 0 aliphatic carbocycles. The van der Waals surface area contributed by atoms with Gasteiger partial charge in [0.25, 0.3) is 0 Å². The van der Waals surface area contributed by atoms with E-state index in [1.54, 1.807) is 0 Å². The smallest absolute Gasteiger partial charge is 0.125 e. The van der Waals surface area contributed by atoms with Crippen LogP contribution in [0.3, 0.4) is 0 Å². The maximum atomic E-state index is 13.1. The summed E-state index contributed by atoms with van der Waals surface area (Å²) in [5.41, 5.74) is 1.80. The van der Waals surface area contributed by atoms with Crippen molar-refractivity contribution < 1.29 is 4.39 Å². The maximum absolute atomic E-state index is 13.1. The van der Waals surface area contributed by atoms with E-state index >= 15 is 0 Å². The number of imidazole rings is 1. The highest BCUT2D eigenvalue weighted by Gasteiger charge is 2.17. The van der Waals surface area contributed by atoms with E-state index in [0.29, 0.717) is 5.92 Å². The number of rotatable bonds is 2. The second-order valence-electron chi connectivity index (χ2n) is 4.76. The van der Waals surface area contributed by atoms with Gasteiger partial charge in [-0.05, 0) is 44.5 Å². The minimum absolute atomic E-state index is 0.218. The van der Waals surface area contributed by atoms with Crippen LogP contribution >= 0.6 is 0 Å². The van der Waals surface area contributed by atoms with Crippen molar-refractivity contribution in [1.82, 2.24) is 14.9 Å². The Bertz CT molecular complexity index is 541. The molecule has 0 amide bonds. The number of halogens is 1. The molecule has 3 rings (SSSR count). The summed E-state index contributed by atoms with van der Waals surface area (Å²) in [6.07, 6.45) is 1.21. The number of aromatic nitrogens is 2. The lowest BCUT2D eigenvalue weighted by Gasteiger charge is -2.12. The van der Waals surface area contributed by atoms with Gasteiger partial charge in [0.15, 0.2) is 0 Å². The van der Waals surface area contributed by atoms with Crippen LogP contribution in [-0.4, -0.2) is 22.6 Å². The number of nitrogens with zero attached hydrogens (tertiary/aromatic N) is 2. The van der Waals surface area contributed by atoms with Gasteiger partial charge in [0.05, 0.1) is 11.0 Å². The van der Waals surface area contributed by atoms with Crippen molar-refractivity contribution in [2.24, 2.45) is 5.92 Å². The van der Waals surface area contributed by atoms with E-state index in [1.165, 1.54) is 18.6 Å². The van der Waals surface area contributed by atoms with Crippen LogP contribution < -0.4 is 5.32 Å². The van der Waals surface area contributed by atoms with Gasteiger partial charge in [-0.2, -0.15) is 0 Å². The monoisotopic (exact) mass is 233 g/mol. The first-order valence-electron chi connectivity index (χ1n) is 6.07. The molecule has 90 valence electrons. The minimum Gasteiger partial charge on any atom is -0.328 e. The Hall–Kier alpha value is -1.42. The number of nitrogens with one attached hydrogen (secondary N) is 1. The van der Waals surface area contributed by atoms with E-state index in [1.807, 2.05) is 13.0 Å². The molecule has 1 saturated heterocycles. The van der Waals surface area contributed by atoms with Gasteiger partial charge in [-0.25, -0.2) is 9.37 Å². The molecular formula is C13H16FN3. The molecule has 1 aromatic heterocycles. The summed E-state index contributed by atoms with van der Waals surface area (Å²) in [7, 11) is 0. The fourth-order valence-corrected chi connectivity index (χ4v) is 2.58. The molecule has 2 heterocycles. The van der Waals surface area contributed by atoms with E-state index < -0.39 is 0 Å². The fourth-order valence-electron chi connectivity index (χ4n) is 2.58. The predicted molar refractivity (Wildman–Crippen MR) is 65.4 cm³/mol. The van der Waals surface area contributed by atoms with Crippen LogP contribution in [-0.2, 0) is 6.54 Å². The molecule has 1 atom stereocenters. The zero-order valence-electron chi connectivity index (χ0n) is 9.91. The zero-order chi connectivity index (χ0) is 11.8. The molecule has 2 aromatic rings. The highest BCUT2D eigenvalue weighted by Crippen LogP contribution is 2.20.